The number of urea groups is 1. The van der Waals surface area contributed by atoms with E-state index in [9.17, 15) is 19.5 Å². The van der Waals surface area contributed by atoms with Crippen LogP contribution in [0.1, 0.15) is 42.6 Å². The zero-order chi connectivity index (χ0) is 17.6. The maximum atomic E-state index is 11.9. The van der Waals surface area contributed by atoms with Crippen molar-refractivity contribution >= 4 is 23.6 Å². The number of primary amides is 1. The number of carbonyl (C=O) groups excluding carboxylic acids is 2. The van der Waals surface area contributed by atoms with Crippen molar-refractivity contribution in [2.45, 2.75) is 33.6 Å². The van der Waals surface area contributed by atoms with E-state index < -0.39 is 23.3 Å². The summed E-state index contributed by atoms with van der Waals surface area (Å²) in [5.74, 6) is -1.46. The highest BCUT2D eigenvalue weighted by molar-refractivity contribution is 5.96. The fourth-order valence-corrected chi connectivity index (χ4v) is 2.32. The molecule has 0 atom stereocenters. The quantitative estimate of drug-likeness (QED) is 0.614. The summed E-state index contributed by atoms with van der Waals surface area (Å²) in [5, 5.41) is 14.5. The molecule has 0 aliphatic carbocycles. The normalized spacial score (nSPS) is 10.9. The van der Waals surface area contributed by atoms with Gasteiger partial charge in [0.1, 0.15) is 0 Å². The number of nitrogens with two attached hydrogens (primary N) is 1. The van der Waals surface area contributed by atoms with E-state index in [1.807, 2.05) is 0 Å². The Labute approximate surface area is 135 Å². The minimum Gasteiger partial charge on any atom is -0.481 e. The maximum absolute atomic E-state index is 11.9. The second kappa shape index (κ2) is 7.62. The van der Waals surface area contributed by atoms with Gasteiger partial charge in [-0.25, -0.2) is 4.79 Å². The summed E-state index contributed by atoms with van der Waals surface area (Å²) >= 11 is 0. The van der Waals surface area contributed by atoms with Gasteiger partial charge in [0.05, 0.1) is 5.41 Å². The molecule has 1 rings (SSSR count). The molecule has 126 valence electrons. The van der Waals surface area contributed by atoms with Crippen molar-refractivity contribution < 1.29 is 19.5 Å². The predicted octanol–water partition coefficient (Wildman–Crippen LogP) is 2.11. The van der Waals surface area contributed by atoms with Crippen LogP contribution >= 0.6 is 0 Å². The second-order valence-corrected chi connectivity index (χ2v) is 5.49. The zero-order valence-electron chi connectivity index (χ0n) is 13.6. The first-order valence-corrected chi connectivity index (χ1v) is 7.44. The molecule has 1 aromatic carbocycles. The van der Waals surface area contributed by atoms with Crippen LogP contribution in [0.2, 0.25) is 0 Å². The number of carboxylic acids is 1. The van der Waals surface area contributed by atoms with Gasteiger partial charge in [-0.1, -0.05) is 13.8 Å². The van der Waals surface area contributed by atoms with E-state index in [1.165, 1.54) is 6.07 Å². The third-order valence-electron chi connectivity index (χ3n) is 4.14. The van der Waals surface area contributed by atoms with E-state index in [2.05, 4.69) is 10.6 Å². The van der Waals surface area contributed by atoms with Crippen molar-refractivity contribution in [3.8, 4) is 0 Å². The molecule has 0 saturated carbocycles. The number of hydrogen-bond donors (Lipinski definition) is 4. The van der Waals surface area contributed by atoms with Gasteiger partial charge in [0.15, 0.2) is 0 Å². The van der Waals surface area contributed by atoms with Crippen molar-refractivity contribution in [3.63, 3.8) is 0 Å². The molecule has 3 amide bonds. The standard InChI is InChI=1S/C16H23N3O4/c1-4-16(5-2,14(21)22)9-18-15(23)19-11-6-7-12(13(17)20)10(3)8-11/h6-8H,4-5,9H2,1-3H3,(H2,17,20)(H,21,22)(H2,18,19,23). The lowest BCUT2D eigenvalue weighted by atomic mass is 9.82. The molecule has 0 bridgehead atoms. The number of anilines is 1. The van der Waals surface area contributed by atoms with Crippen LogP contribution in [-0.2, 0) is 4.79 Å². The molecule has 1 aromatic rings. The van der Waals surface area contributed by atoms with Crippen molar-refractivity contribution in [2.75, 3.05) is 11.9 Å². The summed E-state index contributed by atoms with van der Waals surface area (Å²) in [4.78, 5) is 34.5. The Morgan fingerprint density at radius 1 is 1.22 bits per heavy atom. The van der Waals surface area contributed by atoms with Gasteiger partial charge < -0.3 is 21.5 Å². The number of aryl methyl sites for hydroxylation is 1. The van der Waals surface area contributed by atoms with Crippen LogP contribution in [0, 0.1) is 12.3 Å². The van der Waals surface area contributed by atoms with Crippen molar-refractivity contribution in [2.24, 2.45) is 11.1 Å². The van der Waals surface area contributed by atoms with Crippen LogP contribution in [0.15, 0.2) is 18.2 Å². The van der Waals surface area contributed by atoms with E-state index in [-0.39, 0.29) is 6.54 Å². The molecule has 0 aliphatic heterocycles. The number of hydrogen-bond acceptors (Lipinski definition) is 3. The number of nitrogens with one attached hydrogen (secondary N) is 2. The molecule has 0 saturated heterocycles. The van der Waals surface area contributed by atoms with Crippen molar-refractivity contribution in [3.05, 3.63) is 29.3 Å². The van der Waals surface area contributed by atoms with Crippen LogP contribution in [0.25, 0.3) is 0 Å². The lowest BCUT2D eigenvalue weighted by Gasteiger charge is -2.26. The summed E-state index contributed by atoms with van der Waals surface area (Å²) in [6, 6.07) is 4.23. The highest BCUT2D eigenvalue weighted by Crippen LogP contribution is 2.25. The predicted molar refractivity (Wildman–Crippen MR) is 87.4 cm³/mol. The molecule has 5 N–H and O–H groups in total. The summed E-state index contributed by atoms with van der Waals surface area (Å²) in [6.07, 6.45) is 0.844. The van der Waals surface area contributed by atoms with Crippen LogP contribution in [0.4, 0.5) is 10.5 Å². The Morgan fingerprint density at radius 3 is 2.26 bits per heavy atom. The van der Waals surface area contributed by atoms with E-state index >= 15 is 0 Å². The van der Waals surface area contributed by atoms with Gasteiger partial charge in [-0.2, -0.15) is 0 Å². The lowest BCUT2D eigenvalue weighted by Crippen LogP contribution is -2.43. The second-order valence-electron chi connectivity index (χ2n) is 5.49. The molecular formula is C16H23N3O4. The minimum atomic E-state index is -0.969. The average Bonchev–Trinajstić information content (AvgIpc) is 2.48. The molecule has 0 fully saturated rings. The molecule has 0 spiro atoms. The Kier molecular flexibility index (Phi) is 6.12. The first-order valence-electron chi connectivity index (χ1n) is 7.44. The third kappa shape index (κ3) is 4.45. The minimum absolute atomic E-state index is 0.0412. The number of aliphatic carboxylic acids is 1. The molecule has 7 nitrogen and oxygen atoms in total. The van der Waals surface area contributed by atoms with Crippen LogP contribution < -0.4 is 16.4 Å². The number of amides is 3. The van der Waals surface area contributed by atoms with E-state index in [4.69, 9.17) is 5.73 Å². The SMILES string of the molecule is CCC(CC)(CNC(=O)Nc1ccc(C(N)=O)c(C)c1)C(=O)O. The summed E-state index contributed by atoms with van der Waals surface area (Å²) in [6.45, 7) is 5.32. The molecule has 7 heteroatoms. The zero-order valence-corrected chi connectivity index (χ0v) is 13.6. The summed E-state index contributed by atoms with van der Waals surface area (Å²) in [7, 11) is 0. The number of benzene rings is 1. The van der Waals surface area contributed by atoms with E-state index in [1.54, 1.807) is 32.9 Å². The van der Waals surface area contributed by atoms with Crippen LogP contribution in [0.3, 0.4) is 0 Å². The maximum Gasteiger partial charge on any atom is 0.319 e. The number of carboxylic acid groups (broad SMARTS) is 1. The Hall–Kier alpha value is -2.57. The van der Waals surface area contributed by atoms with Gasteiger partial charge in [-0.3, -0.25) is 9.59 Å². The van der Waals surface area contributed by atoms with Gasteiger partial charge >= 0.3 is 12.0 Å². The monoisotopic (exact) mass is 321 g/mol. The molecule has 0 heterocycles. The molecular weight excluding hydrogens is 298 g/mol. The van der Waals surface area contributed by atoms with Gasteiger partial charge in [0, 0.05) is 17.8 Å². The Balaban J connectivity index is 2.72. The fraction of sp³-hybridized carbons (Fsp3) is 0.438. The van der Waals surface area contributed by atoms with E-state index in [0.29, 0.717) is 29.7 Å². The summed E-state index contributed by atoms with van der Waals surface area (Å²) < 4.78 is 0. The number of carbonyl (C=O) groups is 3. The molecule has 0 radical (unpaired) electrons. The largest absolute Gasteiger partial charge is 0.481 e. The molecule has 0 aliphatic rings. The topological polar surface area (TPSA) is 122 Å². The molecule has 0 aromatic heterocycles. The molecule has 23 heavy (non-hydrogen) atoms. The first kappa shape index (κ1) is 18.5. The van der Waals surface area contributed by atoms with Gasteiger partial charge in [-0.05, 0) is 43.5 Å². The average molecular weight is 321 g/mol. The smallest absolute Gasteiger partial charge is 0.319 e. The summed E-state index contributed by atoms with van der Waals surface area (Å²) in [5.41, 5.74) is 5.79. The highest BCUT2D eigenvalue weighted by Gasteiger charge is 2.35. The Bertz CT molecular complexity index is 609. The Morgan fingerprint density at radius 2 is 1.83 bits per heavy atom. The molecule has 0 unspecified atom stereocenters. The van der Waals surface area contributed by atoms with Crippen molar-refractivity contribution in [1.29, 1.82) is 0 Å². The fourth-order valence-electron chi connectivity index (χ4n) is 2.32. The first-order chi connectivity index (χ1) is 10.8. The highest BCUT2D eigenvalue weighted by atomic mass is 16.4. The lowest BCUT2D eigenvalue weighted by molar-refractivity contribution is -0.149. The van der Waals surface area contributed by atoms with E-state index in [0.717, 1.165) is 0 Å². The van der Waals surface area contributed by atoms with Gasteiger partial charge in [-0.15, -0.1) is 0 Å². The van der Waals surface area contributed by atoms with Crippen molar-refractivity contribution in [1.82, 2.24) is 5.32 Å². The van der Waals surface area contributed by atoms with Crippen LogP contribution in [0.5, 0.6) is 0 Å². The van der Waals surface area contributed by atoms with Crippen LogP contribution in [-0.4, -0.2) is 29.6 Å². The van der Waals surface area contributed by atoms with Gasteiger partial charge in [0.25, 0.3) is 0 Å². The third-order valence-corrected chi connectivity index (χ3v) is 4.14. The number of rotatable bonds is 7. The van der Waals surface area contributed by atoms with Gasteiger partial charge in [0.2, 0.25) is 5.91 Å².